The molecule has 1 saturated carbocycles. The minimum Gasteiger partial charge on any atom is -0.481 e. The molecule has 23 heavy (non-hydrogen) atoms. The lowest BCUT2D eigenvalue weighted by Gasteiger charge is -2.41. The van der Waals surface area contributed by atoms with Gasteiger partial charge in [0.05, 0.1) is 15.8 Å². The molecular formula is C15H16FNO6. The van der Waals surface area contributed by atoms with Gasteiger partial charge in [-0.15, -0.1) is 0 Å². The van der Waals surface area contributed by atoms with E-state index >= 15 is 0 Å². The van der Waals surface area contributed by atoms with Crippen LogP contribution in [0.3, 0.4) is 0 Å². The summed E-state index contributed by atoms with van der Waals surface area (Å²) in [5, 5.41) is 30.0. The Bertz CT molecular complexity index is 691. The van der Waals surface area contributed by atoms with Gasteiger partial charge in [-0.1, -0.05) is 6.42 Å². The van der Waals surface area contributed by atoms with Crippen molar-refractivity contribution < 1.29 is 29.1 Å². The molecule has 8 heteroatoms. The molecule has 2 N–H and O–H groups in total. The highest BCUT2D eigenvalue weighted by molar-refractivity contribution is 5.84. The summed E-state index contributed by atoms with van der Waals surface area (Å²) in [7, 11) is 0. The number of hydrogen-bond donors (Lipinski definition) is 2. The van der Waals surface area contributed by atoms with Crippen molar-refractivity contribution >= 4 is 17.6 Å². The average molecular weight is 325 g/mol. The third-order valence-electron chi connectivity index (χ3n) is 4.63. The molecule has 1 aliphatic carbocycles. The molecular weight excluding hydrogens is 309 g/mol. The number of carboxylic acid groups (broad SMARTS) is 2. The third-order valence-corrected chi connectivity index (χ3v) is 4.63. The van der Waals surface area contributed by atoms with Gasteiger partial charge in [0.2, 0.25) is 0 Å². The van der Waals surface area contributed by atoms with Crippen molar-refractivity contribution in [3.05, 3.63) is 39.7 Å². The lowest BCUT2D eigenvalue weighted by Crippen LogP contribution is -2.47. The predicted molar refractivity (Wildman–Crippen MR) is 76.6 cm³/mol. The van der Waals surface area contributed by atoms with Gasteiger partial charge >= 0.3 is 11.9 Å². The van der Waals surface area contributed by atoms with Crippen LogP contribution in [0.5, 0.6) is 0 Å². The van der Waals surface area contributed by atoms with Crippen LogP contribution in [0.2, 0.25) is 0 Å². The maximum atomic E-state index is 14.2. The van der Waals surface area contributed by atoms with Crippen molar-refractivity contribution in [3.63, 3.8) is 0 Å². The molecule has 0 aromatic heterocycles. The van der Waals surface area contributed by atoms with Gasteiger partial charge in [0.15, 0.2) is 0 Å². The topological polar surface area (TPSA) is 118 Å². The van der Waals surface area contributed by atoms with E-state index in [1.165, 1.54) is 6.92 Å². The molecule has 1 aliphatic rings. The van der Waals surface area contributed by atoms with Crippen LogP contribution in [0.15, 0.2) is 18.2 Å². The van der Waals surface area contributed by atoms with Gasteiger partial charge in [0.1, 0.15) is 5.82 Å². The Kier molecular flexibility index (Phi) is 4.10. The second kappa shape index (κ2) is 5.60. The van der Waals surface area contributed by atoms with E-state index in [1.54, 1.807) is 0 Å². The number of carbonyl (C=O) groups is 2. The number of nitro groups is 1. The molecule has 0 bridgehead atoms. The van der Waals surface area contributed by atoms with Gasteiger partial charge in [-0.3, -0.25) is 19.7 Å². The second-order valence-corrected chi connectivity index (χ2v) is 6.20. The van der Waals surface area contributed by atoms with Crippen LogP contribution < -0.4 is 0 Å². The van der Waals surface area contributed by atoms with Crippen molar-refractivity contribution in [1.82, 2.24) is 0 Å². The second-order valence-electron chi connectivity index (χ2n) is 6.20. The van der Waals surface area contributed by atoms with Gasteiger partial charge in [0.25, 0.3) is 5.69 Å². The number of nitrogens with zero attached hydrogens (tertiary/aromatic N) is 1. The van der Waals surface area contributed by atoms with E-state index in [1.807, 2.05) is 0 Å². The zero-order chi connectivity index (χ0) is 17.4. The Balaban J connectivity index is 2.63. The minimum absolute atomic E-state index is 0.0310. The molecule has 1 aromatic rings. The minimum atomic E-state index is -1.79. The number of non-ortho nitro benzene ring substituents is 1. The summed E-state index contributed by atoms with van der Waals surface area (Å²) in [5.41, 5.74) is -3.87. The van der Waals surface area contributed by atoms with Gasteiger partial charge in [-0.2, -0.15) is 0 Å². The van der Waals surface area contributed by atoms with Gasteiger partial charge in [-0.05, 0) is 32.3 Å². The number of aliphatic carboxylic acids is 2. The van der Waals surface area contributed by atoms with Crippen molar-refractivity contribution in [1.29, 1.82) is 0 Å². The lowest BCUT2D eigenvalue weighted by atomic mass is 9.60. The van der Waals surface area contributed by atoms with Crippen LogP contribution in [0.25, 0.3) is 0 Å². The molecule has 2 atom stereocenters. The van der Waals surface area contributed by atoms with E-state index < -0.39 is 39.2 Å². The fourth-order valence-electron chi connectivity index (χ4n) is 3.33. The number of halogens is 1. The van der Waals surface area contributed by atoms with Crippen LogP contribution in [0.1, 0.15) is 38.2 Å². The van der Waals surface area contributed by atoms with Crippen LogP contribution in [-0.4, -0.2) is 27.1 Å². The van der Waals surface area contributed by atoms with E-state index in [0.717, 1.165) is 18.2 Å². The number of nitro benzene ring substituents is 1. The van der Waals surface area contributed by atoms with E-state index in [0.29, 0.717) is 0 Å². The smallest absolute Gasteiger partial charge is 0.314 e. The molecule has 1 aromatic carbocycles. The Hall–Kier alpha value is -2.51. The first-order valence-electron chi connectivity index (χ1n) is 7.04. The monoisotopic (exact) mass is 325 g/mol. The standard InChI is InChI=1S/C15H16FNO6/c1-14(12(18)19)5-2-6-15(8-14,13(20)21)10-7-9(17(22)23)3-4-11(10)16/h3-4,7H,2,5-6,8H2,1H3,(H,18,19)(H,20,21). The number of benzene rings is 1. The van der Waals surface area contributed by atoms with Crippen molar-refractivity contribution in [2.24, 2.45) is 5.41 Å². The molecule has 0 heterocycles. The normalized spacial score (nSPS) is 27.4. The number of hydrogen-bond acceptors (Lipinski definition) is 4. The summed E-state index contributed by atoms with van der Waals surface area (Å²) in [6.45, 7) is 1.42. The SMILES string of the molecule is CC1(C(=O)O)CCCC(C(=O)O)(c2cc([N+](=O)[O-])ccc2F)C1. The quantitative estimate of drug-likeness (QED) is 0.649. The van der Waals surface area contributed by atoms with E-state index in [4.69, 9.17) is 0 Å². The fraction of sp³-hybridized carbons (Fsp3) is 0.467. The highest BCUT2D eigenvalue weighted by atomic mass is 19.1. The fourth-order valence-corrected chi connectivity index (χ4v) is 3.33. The molecule has 2 unspecified atom stereocenters. The summed E-state index contributed by atoms with van der Waals surface area (Å²) < 4.78 is 14.2. The molecule has 124 valence electrons. The Morgan fingerprint density at radius 1 is 1.26 bits per heavy atom. The maximum absolute atomic E-state index is 14.2. The summed E-state index contributed by atoms with van der Waals surface area (Å²) >= 11 is 0. The van der Waals surface area contributed by atoms with Crippen molar-refractivity contribution in [2.75, 3.05) is 0 Å². The highest BCUT2D eigenvalue weighted by Gasteiger charge is 2.53. The molecule has 0 spiro atoms. The van der Waals surface area contributed by atoms with Gasteiger partial charge in [-0.25, -0.2) is 4.39 Å². The number of carboxylic acids is 2. The summed E-state index contributed by atoms with van der Waals surface area (Å²) in [4.78, 5) is 33.5. The molecule has 2 rings (SSSR count). The highest BCUT2D eigenvalue weighted by Crippen LogP contribution is 2.49. The molecule has 0 aliphatic heterocycles. The van der Waals surface area contributed by atoms with Crippen LogP contribution in [0, 0.1) is 21.3 Å². The molecule has 0 amide bonds. The summed E-state index contributed by atoms with van der Waals surface area (Å²) in [6.07, 6.45) is 0.261. The zero-order valence-corrected chi connectivity index (χ0v) is 12.4. The van der Waals surface area contributed by atoms with E-state index in [9.17, 15) is 34.3 Å². The summed E-state index contributed by atoms with van der Waals surface area (Å²) in [6, 6.07) is 2.70. The third kappa shape index (κ3) is 2.76. The average Bonchev–Trinajstić information content (AvgIpc) is 2.47. The predicted octanol–water partition coefficient (Wildman–Crippen LogP) is 2.72. The summed E-state index contributed by atoms with van der Waals surface area (Å²) in [5.74, 6) is -3.41. The first-order chi connectivity index (χ1) is 10.6. The van der Waals surface area contributed by atoms with Crippen LogP contribution >= 0.6 is 0 Å². The largest absolute Gasteiger partial charge is 0.481 e. The van der Waals surface area contributed by atoms with Gasteiger partial charge in [0, 0.05) is 17.7 Å². The van der Waals surface area contributed by atoms with Crippen molar-refractivity contribution in [3.8, 4) is 0 Å². The van der Waals surface area contributed by atoms with E-state index in [-0.39, 0.29) is 31.2 Å². The zero-order valence-electron chi connectivity index (χ0n) is 12.4. The molecule has 0 radical (unpaired) electrons. The van der Waals surface area contributed by atoms with E-state index in [2.05, 4.69) is 0 Å². The Labute approximate surface area is 130 Å². The Morgan fingerprint density at radius 3 is 2.43 bits per heavy atom. The number of rotatable bonds is 4. The Morgan fingerprint density at radius 2 is 1.91 bits per heavy atom. The van der Waals surface area contributed by atoms with Crippen LogP contribution in [0.4, 0.5) is 10.1 Å². The van der Waals surface area contributed by atoms with Gasteiger partial charge < -0.3 is 10.2 Å². The van der Waals surface area contributed by atoms with Crippen molar-refractivity contribution in [2.45, 2.75) is 38.0 Å². The van der Waals surface area contributed by atoms with Crippen LogP contribution in [-0.2, 0) is 15.0 Å². The molecule has 0 saturated heterocycles. The first kappa shape index (κ1) is 16.9. The maximum Gasteiger partial charge on any atom is 0.314 e. The molecule has 7 nitrogen and oxygen atoms in total. The first-order valence-corrected chi connectivity index (χ1v) is 7.04. The molecule has 1 fully saturated rings. The lowest BCUT2D eigenvalue weighted by molar-refractivity contribution is -0.385.